The summed E-state index contributed by atoms with van der Waals surface area (Å²) >= 11 is 0. The van der Waals surface area contributed by atoms with Crippen molar-refractivity contribution in [3.05, 3.63) is 29.8 Å². The Kier molecular flexibility index (Phi) is 5.82. The number of aliphatic carboxylic acids is 1. The zero-order valence-electron chi connectivity index (χ0n) is 11.2. The molecule has 0 aliphatic carbocycles. The van der Waals surface area contributed by atoms with E-state index in [4.69, 9.17) is 10.2 Å². The molecule has 1 atom stereocenters. The lowest BCUT2D eigenvalue weighted by Crippen LogP contribution is -2.49. The molecule has 0 aliphatic heterocycles. The summed E-state index contributed by atoms with van der Waals surface area (Å²) in [5, 5.41) is 19.5. The Hall–Kier alpha value is -1.97. The number of carbonyl (C=O) groups is 2. The van der Waals surface area contributed by atoms with Crippen molar-refractivity contribution in [3.8, 4) is 0 Å². The first-order valence-electron chi connectivity index (χ1n) is 5.95. The Balaban J connectivity index is 2.82. The van der Waals surface area contributed by atoms with Gasteiger partial charge in [0.15, 0.2) is 0 Å². The lowest BCUT2D eigenvalue weighted by molar-refractivity contribution is -0.138. The van der Waals surface area contributed by atoms with Gasteiger partial charge in [0.1, 0.15) is 12.6 Å². The van der Waals surface area contributed by atoms with Crippen molar-refractivity contribution in [1.82, 2.24) is 10.0 Å². The Labute approximate surface area is 121 Å². The van der Waals surface area contributed by atoms with Crippen LogP contribution in [0.2, 0.25) is 0 Å². The summed E-state index contributed by atoms with van der Waals surface area (Å²) in [5.41, 5.74) is 0.867. The summed E-state index contributed by atoms with van der Waals surface area (Å²) in [6.07, 6.45) is 0. The van der Waals surface area contributed by atoms with E-state index in [-0.39, 0.29) is 4.90 Å². The van der Waals surface area contributed by atoms with Gasteiger partial charge in [-0.3, -0.25) is 9.59 Å². The first kappa shape index (κ1) is 17.1. The van der Waals surface area contributed by atoms with Gasteiger partial charge in [-0.1, -0.05) is 17.7 Å². The molecule has 0 radical (unpaired) electrons. The van der Waals surface area contributed by atoms with Crippen LogP contribution in [-0.2, 0) is 19.6 Å². The van der Waals surface area contributed by atoms with Crippen LogP contribution in [0.5, 0.6) is 0 Å². The molecule has 0 spiro atoms. The van der Waals surface area contributed by atoms with Crippen LogP contribution in [-0.4, -0.2) is 49.7 Å². The number of aliphatic hydroxyl groups excluding tert-OH is 1. The van der Waals surface area contributed by atoms with Gasteiger partial charge >= 0.3 is 5.97 Å². The van der Waals surface area contributed by atoms with Crippen LogP contribution in [0.1, 0.15) is 5.56 Å². The van der Waals surface area contributed by atoms with E-state index in [9.17, 15) is 18.0 Å². The van der Waals surface area contributed by atoms with Crippen LogP contribution in [0, 0.1) is 6.92 Å². The van der Waals surface area contributed by atoms with Gasteiger partial charge in [-0.05, 0) is 19.1 Å². The van der Waals surface area contributed by atoms with Gasteiger partial charge in [-0.25, -0.2) is 8.42 Å². The highest BCUT2D eigenvalue weighted by Gasteiger charge is 2.25. The van der Waals surface area contributed by atoms with Crippen LogP contribution < -0.4 is 10.0 Å². The van der Waals surface area contributed by atoms with Gasteiger partial charge in [-0.2, -0.15) is 4.72 Å². The van der Waals surface area contributed by atoms with E-state index < -0.39 is 41.1 Å². The molecule has 1 aromatic rings. The van der Waals surface area contributed by atoms with Gasteiger partial charge in [0.05, 0.1) is 11.5 Å². The van der Waals surface area contributed by atoms with Crippen molar-refractivity contribution in [2.24, 2.45) is 0 Å². The number of hydrogen-bond acceptors (Lipinski definition) is 5. The average Bonchev–Trinajstić information content (AvgIpc) is 2.42. The van der Waals surface area contributed by atoms with Crippen LogP contribution in [0.25, 0.3) is 0 Å². The third-order valence-electron chi connectivity index (χ3n) is 2.54. The molecule has 0 saturated heterocycles. The Morgan fingerprint density at radius 2 is 1.81 bits per heavy atom. The topological polar surface area (TPSA) is 133 Å². The number of aliphatic hydroxyl groups is 1. The third-order valence-corrected chi connectivity index (χ3v) is 4.03. The number of carboxylic acids is 1. The van der Waals surface area contributed by atoms with E-state index in [0.717, 1.165) is 5.56 Å². The van der Waals surface area contributed by atoms with E-state index in [1.807, 2.05) is 10.0 Å². The molecule has 9 heteroatoms. The molecule has 0 bridgehead atoms. The molecule has 116 valence electrons. The lowest BCUT2D eigenvalue weighted by atomic mass is 10.2. The number of amides is 1. The van der Waals surface area contributed by atoms with Crippen molar-refractivity contribution in [2.75, 3.05) is 13.2 Å². The number of hydrogen-bond donors (Lipinski definition) is 4. The normalized spacial score (nSPS) is 12.7. The maximum atomic E-state index is 12.0. The Morgan fingerprint density at radius 3 is 2.29 bits per heavy atom. The Morgan fingerprint density at radius 1 is 1.24 bits per heavy atom. The zero-order chi connectivity index (χ0) is 16.0. The first-order chi connectivity index (χ1) is 9.76. The molecule has 0 saturated carbocycles. The summed E-state index contributed by atoms with van der Waals surface area (Å²) in [7, 11) is -3.99. The van der Waals surface area contributed by atoms with Crippen molar-refractivity contribution in [2.45, 2.75) is 17.9 Å². The average molecular weight is 316 g/mol. The minimum atomic E-state index is -3.99. The Bertz CT molecular complexity index is 611. The second-order valence-electron chi connectivity index (χ2n) is 4.28. The molecule has 0 fully saturated rings. The molecule has 0 aromatic heterocycles. The number of benzene rings is 1. The molecule has 1 amide bonds. The SMILES string of the molecule is Cc1ccc(S(=O)(=O)NC(CO)C(=O)NCC(=O)O)cc1. The summed E-state index contributed by atoms with van der Waals surface area (Å²) in [6.45, 7) is 0.331. The standard InChI is InChI=1S/C12H16N2O6S/c1-8-2-4-9(5-3-8)21(19,20)14-10(7-15)12(18)13-6-11(16)17/h2-5,10,14-15H,6-7H2,1H3,(H,13,18)(H,16,17). The molecule has 1 rings (SSSR count). The highest BCUT2D eigenvalue weighted by molar-refractivity contribution is 7.89. The highest BCUT2D eigenvalue weighted by Crippen LogP contribution is 2.10. The molecular weight excluding hydrogens is 300 g/mol. The van der Waals surface area contributed by atoms with Gasteiger partial charge < -0.3 is 15.5 Å². The molecule has 0 aliphatic rings. The molecule has 1 aromatic carbocycles. The third kappa shape index (κ3) is 5.14. The van der Waals surface area contributed by atoms with Crippen molar-refractivity contribution < 1.29 is 28.2 Å². The van der Waals surface area contributed by atoms with Crippen LogP contribution in [0.4, 0.5) is 0 Å². The minimum Gasteiger partial charge on any atom is -0.480 e. The van der Waals surface area contributed by atoms with E-state index in [2.05, 4.69) is 0 Å². The van der Waals surface area contributed by atoms with E-state index in [1.54, 1.807) is 19.1 Å². The summed E-state index contributed by atoms with van der Waals surface area (Å²) in [5.74, 6) is -2.20. The van der Waals surface area contributed by atoms with E-state index >= 15 is 0 Å². The summed E-state index contributed by atoms with van der Waals surface area (Å²) < 4.78 is 26.1. The van der Waals surface area contributed by atoms with Crippen molar-refractivity contribution in [3.63, 3.8) is 0 Å². The number of carbonyl (C=O) groups excluding carboxylic acids is 1. The van der Waals surface area contributed by atoms with Crippen molar-refractivity contribution >= 4 is 21.9 Å². The minimum absolute atomic E-state index is 0.0578. The monoisotopic (exact) mass is 316 g/mol. The van der Waals surface area contributed by atoms with Gasteiger partial charge in [0.25, 0.3) is 0 Å². The predicted molar refractivity (Wildman–Crippen MR) is 73.0 cm³/mol. The van der Waals surface area contributed by atoms with E-state index in [0.29, 0.717) is 0 Å². The van der Waals surface area contributed by atoms with Gasteiger partial charge in [0, 0.05) is 0 Å². The molecule has 4 N–H and O–H groups in total. The maximum absolute atomic E-state index is 12.0. The molecule has 8 nitrogen and oxygen atoms in total. The quantitative estimate of drug-likeness (QED) is 0.501. The number of carboxylic acid groups (broad SMARTS) is 1. The summed E-state index contributed by atoms with van der Waals surface area (Å²) in [4.78, 5) is 21.9. The summed E-state index contributed by atoms with van der Waals surface area (Å²) in [6, 6.07) is 4.44. The highest BCUT2D eigenvalue weighted by atomic mass is 32.2. The fourth-order valence-electron chi connectivity index (χ4n) is 1.43. The maximum Gasteiger partial charge on any atom is 0.322 e. The largest absolute Gasteiger partial charge is 0.480 e. The number of aryl methyl sites for hydroxylation is 1. The lowest BCUT2D eigenvalue weighted by Gasteiger charge is -2.15. The molecule has 21 heavy (non-hydrogen) atoms. The number of sulfonamides is 1. The molecule has 0 heterocycles. The van der Waals surface area contributed by atoms with E-state index in [1.165, 1.54) is 12.1 Å². The zero-order valence-corrected chi connectivity index (χ0v) is 12.1. The number of nitrogens with one attached hydrogen (secondary N) is 2. The van der Waals surface area contributed by atoms with Crippen LogP contribution in [0.15, 0.2) is 29.2 Å². The first-order valence-corrected chi connectivity index (χ1v) is 7.44. The van der Waals surface area contributed by atoms with Crippen LogP contribution in [0.3, 0.4) is 0 Å². The number of rotatable bonds is 7. The van der Waals surface area contributed by atoms with Gasteiger partial charge in [0.2, 0.25) is 15.9 Å². The fourth-order valence-corrected chi connectivity index (χ4v) is 2.62. The van der Waals surface area contributed by atoms with Gasteiger partial charge in [-0.15, -0.1) is 0 Å². The smallest absolute Gasteiger partial charge is 0.322 e. The second-order valence-corrected chi connectivity index (χ2v) is 6.00. The predicted octanol–water partition coefficient (Wildman–Crippen LogP) is -1.16. The molecular formula is C12H16N2O6S. The fraction of sp³-hybridized carbons (Fsp3) is 0.333. The van der Waals surface area contributed by atoms with Crippen LogP contribution >= 0.6 is 0 Å². The second kappa shape index (κ2) is 7.16. The van der Waals surface area contributed by atoms with Crippen molar-refractivity contribution in [1.29, 1.82) is 0 Å². The molecule has 1 unspecified atom stereocenters.